The summed E-state index contributed by atoms with van der Waals surface area (Å²) in [5.74, 6) is 0.377. The fourth-order valence-electron chi connectivity index (χ4n) is 1.93. The summed E-state index contributed by atoms with van der Waals surface area (Å²) in [6.45, 7) is 4.64. The van der Waals surface area contributed by atoms with Gasteiger partial charge in [0, 0.05) is 27.4 Å². The molecule has 1 amide bonds. The van der Waals surface area contributed by atoms with Crippen molar-refractivity contribution in [3.8, 4) is 0 Å². The Hall–Kier alpha value is -1.40. The highest BCUT2D eigenvalue weighted by molar-refractivity contribution is 9.10. The van der Waals surface area contributed by atoms with Crippen LogP contribution in [0.2, 0.25) is 0 Å². The minimum atomic E-state index is -0.197. The second-order valence-corrected chi connectivity index (χ2v) is 6.38. The Morgan fingerprint density at radius 2 is 1.95 bits per heavy atom. The number of hydrogen-bond acceptors (Lipinski definition) is 3. The fourth-order valence-corrected chi connectivity index (χ4v) is 2.87. The molecular weight excluding hydrogens is 398 g/mol. The number of aryl methyl sites for hydroxylation is 1. The molecule has 0 fully saturated rings. The van der Waals surface area contributed by atoms with Gasteiger partial charge in [-0.1, -0.05) is 15.9 Å². The molecule has 0 saturated carbocycles. The summed E-state index contributed by atoms with van der Waals surface area (Å²) in [5.41, 5.74) is 2.32. The van der Waals surface area contributed by atoms with Crippen molar-refractivity contribution in [3.63, 3.8) is 0 Å². The molecule has 0 spiro atoms. The van der Waals surface area contributed by atoms with E-state index in [9.17, 15) is 4.79 Å². The fraction of sp³-hybridized carbons (Fsp3) is 0.200. The molecule has 1 heterocycles. The number of hydrogen-bond donors (Lipinski definition) is 2. The molecule has 2 N–H and O–H groups in total. The summed E-state index contributed by atoms with van der Waals surface area (Å²) >= 11 is 6.77. The Labute approximate surface area is 140 Å². The number of pyridine rings is 1. The molecule has 0 atom stereocenters. The highest BCUT2D eigenvalue weighted by Crippen LogP contribution is 2.22. The van der Waals surface area contributed by atoms with E-state index in [0.29, 0.717) is 17.9 Å². The van der Waals surface area contributed by atoms with Gasteiger partial charge in [0.15, 0.2) is 0 Å². The lowest BCUT2D eigenvalue weighted by molar-refractivity contribution is 0.102. The van der Waals surface area contributed by atoms with Gasteiger partial charge in [0.05, 0.1) is 5.56 Å². The van der Waals surface area contributed by atoms with Crippen molar-refractivity contribution in [2.24, 2.45) is 0 Å². The Kier molecular flexibility index (Phi) is 5.36. The van der Waals surface area contributed by atoms with Crippen LogP contribution in [-0.2, 0) is 0 Å². The number of nitrogens with zero attached hydrogens (tertiary/aromatic N) is 1. The standard InChI is InChI=1S/C15H15Br2N3O/c1-3-18-14-13(7-11(17)8-19-14)15(21)20-12-5-9(2)4-10(16)6-12/h4-8H,3H2,1-2H3,(H,18,19)(H,20,21). The van der Waals surface area contributed by atoms with E-state index < -0.39 is 0 Å². The molecular formula is C15H15Br2N3O. The molecule has 0 radical (unpaired) electrons. The zero-order valence-electron chi connectivity index (χ0n) is 11.7. The number of nitrogens with one attached hydrogen (secondary N) is 2. The third kappa shape index (κ3) is 4.28. The van der Waals surface area contributed by atoms with Crippen LogP contribution in [0.4, 0.5) is 11.5 Å². The highest BCUT2D eigenvalue weighted by atomic mass is 79.9. The molecule has 1 aromatic carbocycles. The summed E-state index contributed by atoms with van der Waals surface area (Å²) in [6.07, 6.45) is 1.66. The number of carbonyl (C=O) groups excluding carboxylic acids is 1. The second kappa shape index (κ2) is 7.04. The maximum Gasteiger partial charge on any atom is 0.259 e. The smallest absolute Gasteiger partial charge is 0.259 e. The van der Waals surface area contributed by atoms with E-state index in [2.05, 4.69) is 47.5 Å². The monoisotopic (exact) mass is 411 g/mol. The summed E-state index contributed by atoms with van der Waals surface area (Å²) in [7, 11) is 0. The zero-order valence-corrected chi connectivity index (χ0v) is 14.9. The number of aromatic nitrogens is 1. The summed E-state index contributed by atoms with van der Waals surface area (Å²) in [4.78, 5) is 16.7. The first-order valence-electron chi connectivity index (χ1n) is 6.47. The van der Waals surface area contributed by atoms with Gasteiger partial charge < -0.3 is 10.6 Å². The third-order valence-corrected chi connectivity index (χ3v) is 3.63. The molecule has 21 heavy (non-hydrogen) atoms. The van der Waals surface area contributed by atoms with Crippen LogP contribution in [0.15, 0.2) is 39.4 Å². The van der Waals surface area contributed by atoms with Crippen LogP contribution in [0.5, 0.6) is 0 Å². The molecule has 0 aliphatic carbocycles. The first-order chi connectivity index (χ1) is 9.99. The van der Waals surface area contributed by atoms with Crippen LogP contribution in [0.3, 0.4) is 0 Å². The molecule has 0 aliphatic heterocycles. The topological polar surface area (TPSA) is 54.0 Å². The van der Waals surface area contributed by atoms with E-state index in [0.717, 1.165) is 20.2 Å². The van der Waals surface area contributed by atoms with Crippen molar-refractivity contribution in [2.75, 3.05) is 17.2 Å². The third-order valence-electron chi connectivity index (χ3n) is 2.74. The van der Waals surface area contributed by atoms with Crippen molar-refractivity contribution in [2.45, 2.75) is 13.8 Å². The maximum atomic E-state index is 12.5. The predicted octanol–water partition coefficient (Wildman–Crippen LogP) is 4.60. The first kappa shape index (κ1) is 16.0. The Bertz CT molecular complexity index is 654. The predicted molar refractivity (Wildman–Crippen MR) is 92.9 cm³/mol. The van der Waals surface area contributed by atoms with Crippen LogP contribution < -0.4 is 10.6 Å². The molecule has 110 valence electrons. The van der Waals surface area contributed by atoms with E-state index >= 15 is 0 Å². The largest absolute Gasteiger partial charge is 0.370 e. The quantitative estimate of drug-likeness (QED) is 0.771. The van der Waals surface area contributed by atoms with Crippen molar-refractivity contribution in [1.29, 1.82) is 0 Å². The minimum Gasteiger partial charge on any atom is -0.370 e. The second-order valence-electron chi connectivity index (χ2n) is 4.55. The van der Waals surface area contributed by atoms with E-state index in [1.807, 2.05) is 32.0 Å². The van der Waals surface area contributed by atoms with E-state index in [1.54, 1.807) is 12.3 Å². The van der Waals surface area contributed by atoms with Crippen LogP contribution in [0.25, 0.3) is 0 Å². The molecule has 0 bridgehead atoms. The molecule has 0 saturated heterocycles. The number of benzene rings is 1. The van der Waals surface area contributed by atoms with Gasteiger partial charge in [-0.25, -0.2) is 4.98 Å². The molecule has 1 aromatic heterocycles. The van der Waals surface area contributed by atoms with E-state index in [1.165, 1.54) is 0 Å². The molecule has 0 aliphatic rings. The SMILES string of the molecule is CCNc1ncc(Br)cc1C(=O)Nc1cc(C)cc(Br)c1. The summed E-state index contributed by atoms with van der Waals surface area (Å²) in [6, 6.07) is 7.52. The molecule has 0 unspecified atom stereocenters. The van der Waals surface area contributed by atoms with E-state index in [-0.39, 0.29) is 5.91 Å². The molecule has 2 rings (SSSR count). The highest BCUT2D eigenvalue weighted by Gasteiger charge is 2.13. The minimum absolute atomic E-state index is 0.197. The van der Waals surface area contributed by atoms with Gasteiger partial charge in [-0.15, -0.1) is 0 Å². The zero-order chi connectivity index (χ0) is 15.4. The molecule has 2 aromatic rings. The van der Waals surface area contributed by atoms with Crippen molar-refractivity contribution in [3.05, 3.63) is 50.5 Å². The van der Waals surface area contributed by atoms with Crippen molar-refractivity contribution in [1.82, 2.24) is 4.98 Å². The normalized spacial score (nSPS) is 10.3. The van der Waals surface area contributed by atoms with Gasteiger partial charge in [0.25, 0.3) is 5.91 Å². The van der Waals surface area contributed by atoms with Crippen molar-refractivity contribution < 1.29 is 4.79 Å². The van der Waals surface area contributed by atoms with Gasteiger partial charge in [0.1, 0.15) is 5.82 Å². The number of halogens is 2. The van der Waals surface area contributed by atoms with Gasteiger partial charge in [-0.2, -0.15) is 0 Å². The number of carbonyl (C=O) groups is 1. The Morgan fingerprint density at radius 1 is 1.19 bits per heavy atom. The van der Waals surface area contributed by atoms with Crippen molar-refractivity contribution >= 4 is 49.3 Å². The average Bonchev–Trinajstić information content (AvgIpc) is 2.39. The van der Waals surface area contributed by atoms with Gasteiger partial charge in [-0.3, -0.25) is 4.79 Å². The lowest BCUT2D eigenvalue weighted by Gasteiger charge is -2.11. The van der Waals surface area contributed by atoms with Crippen LogP contribution >= 0.6 is 31.9 Å². The summed E-state index contributed by atoms with van der Waals surface area (Å²) in [5, 5.41) is 5.99. The van der Waals surface area contributed by atoms with E-state index in [4.69, 9.17) is 0 Å². The van der Waals surface area contributed by atoms with Gasteiger partial charge >= 0.3 is 0 Å². The average molecular weight is 413 g/mol. The Balaban J connectivity index is 2.29. The Morgan fingerprint density at radius 3 is 2.62 bits per heavy atom. The van der Waals surface area contributed by atoms with Gasteiger partial charge in [0.2, 0.25) is 0 Å². The molecule has 6 heteroatoms. The van der Waals surface area contributed by atoms with Crippen LogP contribution in [0.1, 0.15) is 22.8 Å². The van der Waals surface area contributed by atoms with Crippen LogP contribution in [-0.4, -0.2) is 17.4 Å². The molecule has 4 nitrogen and oxygen atoms in total. The first-order valence-corrected chi connectivity index (χ1v) is 8.06. The lowest BCUT2D eigenvalue weighted by Crippen LogP contribution is -2.16. The number of amides is 1. The summed E-state index contributed by atoms with van der Waals surface area (Å²) < 4.78 is 1.69. The maximum absolute atomic E-state index is 12.5. The van der Waals surface area contributed by atoms with Gasteiger partial charge in [-0.05, 0) is 59.6 Å². The number of anilines is 2. The number of rotatable bonds is 4. The lowest BCUT2D eigenvalue weighted by atomic mass is 10.2. The van der Waals surface area contributed by atoms with Crippen LogP contribution in [0, 0.1) is 6.92 Å².